The van der Waals surface area contributed by atoms with E-state index in [0.29, 0.717) is 5.57 Å². The van der Waals surface area contributed by atoms with E-state index < -0.39 is 0 Å². The molecule has 1 unspecified atom stereocenters. The first-order chi connectivity index (χ1) is 9.49. The van der Waals surface area contributed by atoms with Gasteiger partial charge in [-0.1, -0.05) is 34.6 Å². The maximum atomic E-state index is 11.9. The monoisotopic (exact) mass is 333 g/mol. The summed E-state index contributed by atoms with van der Waals surface area (Å²) in [5.74, 6) is 0.600. The molecule has 5 heteroatoms. The molecule has 104 valence electrons. The van der Waals surface area contributed by atoms with Crippen LogP contribution in [0.2, 0.25) is 0 Å². The Hall–Kier alpha value is -1.88. The lowest BCUT2D eigenvalue weighted by molar-refractivity contribution is -0.117. The Balaban J connectivity index is 2.39. The van der Waals surface area contributed by atoms with Crippen molar-refractivity contribution in [3.63, 3.8) is 0 Å². The Bertz CT molecular complexity index is 631. The van der Waals surface area contributed by atoms with Crippen LogP contribution >= 0.6 is 15.9 Å². The van der Waals surface area contributed by atoms with Crippen molar-refractivity contribution in [3.8, 4) is 0 Å². The van der Waals surface area contributed by atoms with Crippen LogP contribution in [0.5, 0.6) is 0 Å². The Labute approximate surface area is 126 Å². The number of nitrogens with one attached hydrogen (secondary N) is 1. The summed E-state index contributed by atoms with van der Waals surface area (Å²) in [7, 11) is 1.90. The highest BCUT2D eigenvalue weighted by Crippen LogP contribution is 2.22. The fraction of sp³-hybridized carbons (Fsp3) is 0.200. The van der Waals surface area contributed by atoms with Gasteiger partial charge in [0.1, 0.15) is 11.9 Å². The number of benzene rings is 1. The smallest absolute Gasteiger partial charge is 0.247 e. The number of hydrogen-bond donors (Lipinski definition) is 1. The van der Waals surface area contributed by atoms with Gasteiger partial charge in [0.05, 0.1) is 0 Å². The zero-order valence-electron chi connectivity index (χ0n) is 11.4. The number of hydrogen-bond acceptors (Lipinski definition) is 2. The fourth-order valence-corrected chi connectivity index (χ4v) is 2.13. The van der Waals surface area contributed by atoms with Crippen molar-refractivity contribution in [1.29, 1.82) is 0 Å². The molecule has 2 aromatic rings. The second-order valence-corrected chi connectivity index (χ2v) is 5.55. The number of amides is 1. The third-order valence-electron chi connectivity index (χ3n) is 2.98. The molecule has 1 aromatic heterocycles. The third-order valence-corrected chi connectivity index (χ3v) is 3.51. The number of carbonyl (C=O) groups is 1. The van der Waals surface area contributed by atoms with Gasteiger partial charge in [-0.2, -0.15) is 0 Å². The van der Waals surface area contributed by atoms with Crippen LogP contribution in [0.15, 0.2) is 53.3 Å². The minimum Gasteiger partial charge on any atom is -0.338 e. The summed E-state index contributed by atoms with van der Waals surface area (Å²) >= 11 is 3.41. The Kier molecular flexibility index (Phi) is 4.39. The highest BCUT2D eigenvalue weighted by atomic mass is 79.9. The predicted molar refractivity (Wildman–Crippen MR) is 82.1 cm³/mol. The molecule has 0 radical (unpaired) electrons. The van der Waals surface area contributed by atoms with Crippen LogP contribution in [0.25, 0.3) is 0 Å². The first-order valence-corrected chi connectivity index (χ1v) is 6.97. The van der Waals surface area contributed by atoms with Crippen LogP contribution in [-0.2, 0) is 11.8 Å². The molecule has 0 aliphatic heterocycles. The number of nitrogens with zero attached hydrogens (tertiary/aromatic N) is 2. The lowest BCUT2D eigenvalue weighted by Gasteiger charge is -2.19. The molecule has 20 heavy (non-hydrogen) atoms. The molecule has 0 aliphatic carbocycles. The highest BCUT2D eigenvalue weighted by Gasteiger charge is 2.20. The molecule has 0 aliphatic rings. The molecular weight excluding hydrogens is 318 g/mol. The molecule has 4 nitrogen and oxygen atoms in total. The van der Waals surface area contributed by atoms with Gasteiger partial charge >= 0.3 is 0 Å². The number of aromatic nitrogens is 2. The fourth-order valence-electron chi connectivity index (χ4n) is 1.86. The molecule has 1 heterocycles. The van der Waals surface area contributed by atoms with E-state index >= 15 is 0 Å². The van der Waals surface area contributed by atoms with Crippen LogP contribution in [0.3, 0.4) is 0 Å². The van der Waals surface area contributed by atoms with Crippen LogP contribution in [-0.4, -0.2) is 15.5 Å². The zero-order valence-corrected chi connectivity index (χ0v) is 13.0. The van der Waals surface area contributed by atoms with Crippen molar-refractivity contribution >= 4 is 21.8 Å². The number of carbonyl (C=O) groups excluding carboxylic acids is 1. The van der Waals surface area contributed by atoms with Gasteiger partial charge in [0, 0.05) is 29.5 Å². The maximum Gasteiger partial charge on any atom is 0.247 e. The van der Waals surface area contributed by atoms with E-state index in [1.165, 1.54) is 0 Å². The minimum absolute atomic E-state index is 0.180. The van der Waals surface area contributed by atoms with E-state index in [9.17, 15) is 4.79 Å². The van der Waals surface area contributed by atoms with Gasteiger partial charge in [-0.3, -0.25) is 4.79 Å². The Morgan fingerprint density at radius 3 is 2.55 bits per heavy atom. The second-order valence-electron chi connectivity index (χ2n) is 4.63. The summed E-state index contributed by atoms with van der Waals surface area (Å²) in [6, 6.07) is 7.51. The molecule has 1 amide bonds. The summed E-state index contributed by atoms with van der Waals surface area (Å²) in [6.07, 6.45) is 3.57. The van der Waals surface area contributed by atoms with E-state index in [-0.39, 0.29) is 11.9 Å². The summed E-state index contributed by atoms with van der Waals surface area (Å²) in [4.78, 5) is 16.3. The van der Waals surface area contributed by atoms with Gasteiger partial charge in [-0.05, 0) is 24.6 Å². The topological polar surface area (TPSA) is 46.9 Å². The van der Waals surface area contributed by atoms with Crippen molar-refractivity contribution in [2.24, 2.45) is 7.05 Å². The van der Waals surface area contributed by atoms with Crippen molar-refractivity contribution < 1.29 is 4.79 Å². The molecule has 0 saturated carbocycles. The largest absolute Gasteiger partial charge is 0.338 e. The first-order valence-electron chi connectivity index (χ1n) is 6.18. The summed E-state index contributed by atoms with van der Waals surface area (Å²) < 4.78 is 2.89. The zero-order chi connectivity index (χ0) is 14.7. The minimum atomic E-state index is -0.299. The molecule has 1 aromatic carbocycles. The summed E-state index contributed by atoms with van der Waals surface area (Å²) in [5, 5.41) is 2.96. The lowest BCUT2D eigenvalue weighted by atomic mass is 10.1. The van der Waals surface area contributed by atoms with Crippen molar-refractivity contribution in [1.82, 2.24) is 14.9 Å². The number of aryl methyl sites for hydroxylation is 1. The van der Waals surface area contributed by atoms with Crippen LogP contribution in [0.1, 0.15) is 24.4 Å². The van der Waals surface area contributed by atoms with Gasteiger partial charge < -0.3 is 9.88 Å². The average molecular weight is 334 g/mol. The highest BCUT2D eigenvalue weighted by molar-refractivity contribution is 9.10. The SMILES string of the molecule is C=C(C)C(=O)NC(c1ccc(Br)cc1)c1nccn1C. The molecule has 0 spiro atoms. The van der Waals surface area contributed by atoms with Crippen molar-refractivity contribution in [3.05, 3.63) is 64.7 Å². The van der Waals surface area contributed by atoms with Gasteiger partial charge in [0.25, 0.3) is 0 Å². The standard InChI is InChI=1S/C15H16BrN3O/c1-10(2)15(20)18-13(14-17-8-9-19(14)3)11-4-6-12(16)7-5-11/h4-9,13H,1H2,2-3H3,(H,18,20). The van der Waals surface area contributed by atoms with Gasteiger partial charge in [-0.25, -0.2) is 4.98 Å². The Morgan fingerprint density at radius 2 is 2.05 bits per heavy atom. The van der Waals surface area contributed by atoms with Gasteiger partial charge in [0.15, 0.2) is 0 Å². The maximum absolute atomic E-state index is 11.9. The van der Waals surface area contributed by atoms with E-state index in [0.717, 1.165) is 15.9 Å². The molecular formula is C15H16BrN3O. The second kappa shape index (κ2) is 6.05. The molecule has 0 bridgehead atoms. The number of imidazole rings is 1. The molecule has 2 rings (SSSR count). The van der Waals surface area contributed by atoms with Gasteiger partial charge in [-0.15, -0.1) is 0 Å². The molecule has 0 fully saturated rings. The van der Waals surface area contributed by atoms with E-state index in [1.54, 1.807) is 13.1 Å². The molecule has 0 saturated heterocycles. The van der Waals surface area contributed by atoms with Crippen molar-refractivity contribution in [2.75, 3.05) is 0 Å². The number of halogens is 1. The van der Waals surface area contributed by atoms with E-state index in [1.807, 2.05) is 42.1 Å². The van der Waals surface area contributed by atoms with E-state index in [2.05, 4.69) is 32.8 Å². The normalized spacial score (nSPS) is 11.9. The van der Waals surface area contributed by atoms with Crippen LogP contribution in [0.4, 0.5) is 0 Å². The summed E-state index contributed by atoms with van der Waals surface area (Å²) in [6.45, 7) is 5.36. The third kappa shape index (κ3) is 3.17. The first kappa shape index (κ1) is 14.5. The van der Waals surface area contributed by atoms with E-state index in [4.69, 9.17) is 0 Å². The molecule has 1 N–H and O–H groups in total. The summed E-state index contributed by atoms with van der Waals surface area (Å²) in [5.41, 5.74) is 1.44. The predicted octanol–water partition coefficient (Wildman–Crippen LogP) is 2.96. The van der Waals surface area contributed by atoms with Crippen LogP contribution < -0.4 is 5.32 Å². The average Bonchev–Trinajstić information content (AvgIpc) is 2.83. The molecule has 1 atom stereocenters. The Morgan fingerprint density at radius 1 is 1.40 bits per heavy atom. The van der Waals surface area contributed by atoms with Gasteiger partial charge in [0.2, 0.25) is 5.91 Å². The lowest BCUT2D eigenvalue weighted by Crippen LogP contribution is -2.31. The van der Waals surface area contributed by atoms with Crippen molar-refractivity contribution in [2.45, 2.75) is 13.0 Å². The number of rotatable bonds is 4. The quantitative estimate of drug-likeness (QED) is 0.874. The van der Waals surface area contributed by atoms with Crippen LogP contribution in [0, 0.1) is 0 Å².